The molecule has 0 aromatic rings. The number of carbonyl (C=O) groups is 1. The fourth-order valence-electron chi connectivity index (χ4n) is 3.33. The molecule has 0 spiro atoms. The molecule has 114 valence electrons. The lowest BCUT2D eigenvalue weighted by atomic mass is 10.0. The number of amides is 1. The molecule has 3 aliphatic rings. The van der Waals surface area contributed by atoms with E-state index < -0.39 is 0 Å². The van der Waals surface area contributed by atoms with Gasteiger partial charge in [-0.05, 0) is 32.2 Å². The number of hydrogen-bond acceptors (Lipinski definition) is 4. The number of hydrogen-bond donors (Lipinski definition) is 2. The first kappa shape index (κ1) is 14.3. The van der Waals surface area contributed by atoms with E-state index in [0.29, 0.717) is 19.3 Å². The Hall–Kier alpha value is -0.650. The molecule has 3 atom stereocenters. The number of ether oxygens (including phenoxy) is 1. The quantitative estimate of drug-likeness (QED) is 0.738. The predicted octanol–water partition coefficient (Wildman–Crippen LogP) is 0.354. The Labute approximate surface area is 121 Å². The van der Waals surface area contributed by atoms with Crippen molar-refractivity contribution in [1.82, 2.24) is 15.5 Å². The fraction of sp³-hybridized carbons (Fsp3) is 0.933. The zero-order valence-corrected chi connectivity index (χ0v) is 12.4. The maximum Gasteiger partial charge on any atom is 0.227 e. The van der Waals surface area contributed by atoms with Gasteiger partial charge >= 0.3 is 0 Å². The van der Waals surface area contributed by atoms with Crippen molar-refractivity contribution in [2.24, 2.45) is 5.92 Å². The SMILES string of the molecule is CCCNC1COCC1C(=O)NC1CCN(C2CC2)C1. The lowest BCUT2D eigenvalue weighted by molar-refractivity contribution is -0.126. The molecule has 1 saturated carbocycles. The second-order valence-corrected chi connectivity index (χ2v) is 6.42. The molecular weight excluding hydrogens is 254 g/mol. The van der Waals surface area contributed by atoms with Gasteiger partial charge in [-0.25, -0.2) is 0 Å². The van der Waals surface area contributed by atoms with Gasteiger partial charge in [0.2, 0.25) is 5.91 Å². The van der Waals surface area contributed by atoms with Crippen molar-refractivity contribution in [3.8, 4) is 0 Å². The van der Waals surface area contributed by atoms with Gasteiger partial charge in [-0.3, -0.25) is 9.69 Å². The smallest absolute Gasteiger partial charge is 0.227 e. The van der Waals surface area contributed by atoms with Gasteiger partial charge in [0.05, 0.1) is 19.1 Å². The highest BCUT2D eigenvalue weighted by Gasteiger charge is 2.38. The Bertz CT molecular complexity index is 346. The van der Waals surface area contributed by atoms with Gasteiger partial charge in [-0.1, -0.05) is 6.92 Å². The van der Waals surface area contributed by atoms with E-state index in [1.165, 1.54) is 12.8 Å². The number of rotatable bonds is 6. The van der Waals surface area contributed by atoms with Gasteiger partial charge < -0.3 is 15.4 Å². The van der Waals surface area contributed by atoms with E-state index in [1.807, 2.05) is 0 Å². The van der Waals surface area contributed by atoms with Crippen LogP contribution in [0.15, 0.2) is 0 Å². The van der Waals surface area contributed by atoms with E-state index in [-0.39, 0.29) is 17.9 Å². The minimum atomic E-state index is -0.0171. The Morgan fingerprint density at radius 1 is 1.30 bits per heavy atom. The number of likely N-dealkylation sites (tertiary alicyclic amines) is 1. The monoisotopic (exact) mass is 281 g/mol. The molecule has 3 unspecified atom stereocenters. The summed E-state index contributed by atoms with van der Waals surface area (Å²) >= 11 is 0. The minimum Gasteiger partial charge on any atom is -0.379 e. The maximum atomic E-state index is 12.4. The van der Waals surface area contributed by atoms with Crippen LogP contribution in [-0.4, -0.2) is 61.8 Å². The highest BCUT2D eigenvalue weighted by molar-refractivity contribution is 5.80. The van der Waals surface area contributed by atoms with E-state index in [0.717, 1.165) is 38.5 Å². The third kappa shape index (κ3) is 3.32. The largest absolute Gasteiger partial charge is 0.379 e. The van der Waals surface area contributed by atoms with E-state index in [9.17, 15) is 4.79 Å². The number of carbonyl (C=O) groups excluding carboxylic acids is 1. The standard InChI is InChI=1S/C15H27N3O2/c1-2-6-16-14-10-20-9-13(14)15(19)17-11-5-7-18(8-11)12-3-4-12/h11-14,16H,2-10H2,1H3,(H,17,19). The molecule has 0 bridgehead atoms. The summed E-state index contributed by atoms with van der Waals surface area (Å²) in [5.74, 6) is 0.162. The van der Waals surface area contributed by atoms with Gasteiger partial charge in [0.1, 0.15) is 0 Å². The molecule has 2 aliphatic heterocycles. The van der Waals surface area contributed by atoms with Crippen molar-refractivity contribution in [2.45, 2.75) is 50.7 Å². The normalized spacial score (nSPS) is 34.5. The summed E-state index contributed by atoms with van der Waals surface area (Å²) in [7, 11) is 0. The molecule has 5 nitrogen and oxygen atoms in total. The van der Waals surface area contributed by atoms with E-state index in [1.54, 1.807) is 0 Å². The maximum absolute atomic E-state index is 12.4. The minimum absolute atomic E-state index is 0.0171. The van der Waals surface area contributed by atoms with E-state index in [4.69, 9.17) is 4.74 Å². The molecule has 1 aliphatic carbocycles. The van der Waals surface area contributed by atoms with Crippen molar-refractivity contribution >= 4 is 5.91 Å². The van der Waals surface area contributed by atoms with Crippen LogP contribution in [0.3, 0.4) is 0 Å². The number of nitrogens with zero attached hydrogens (tertiary/aromatic N) is 1. The van der Waals surface area contributed by atoms with Crippen LogP contribution in [0.1, 0.15) is 32.6 Å². The average Bonchev–Trinajstić information content (AvgIpc) is 3.01. The van der Waals surface area contributed by atoms with E-state index >= 15 is 0 Å². The second kappa shape index (κ2) is 6.41. The Kier molecular flexibility index (Phi) is 4.58. The average molecular weight is 281 g/mol. The molecule has 1 amide bonds. The first-order valence-electron chi connectivity index (χ1n) is 8.13. The summed E-state index contributed by atoms with van der Waals surface area (Å²) in [5.41, 5.74) is 0. The van der Waals surface area contributed by atoms with Crippen LogP contribution in [0.25, 0.3) is 0 Å². The Balaban J connectivity index is 1.46. The molecule has 2 saturated heterocycles. The molecule has 0 radical (unpaired) electrons. The molecule has 0 aromatic heterocycles. The predicted molar refractivity (Wildman–Crippen MR) is 77.5 cm³/mol. The van der Waals surface area contributed by atoms with Crippen LogP contribution in [0.4, 0.5) is 0 Å². The lowest BCUT2D eigenvalue weighted by Gasteiger charge is -2.21. The summed E-state index contributed by atoms with van der Waals surface area (Å²) in [6.45, 7) is 6.51. The third-order valence-electron chi connectivity index (χ3n) is 4.70. The van der Waals surface area contributed by atoms with E-state index in [2.05, 4.69) is 22.5 Å². The van der Waals surface area contributed by atoms with Crippen LogP contribution < -0.4 is 10.6 Å². The summed E-state index contributed by atoms with van der Waals surface area (Å²) in [4.78, 5) is 14.9. The van der Waals surface area contributed by atoms with Gasteiger partial charge in [-0.2, -0.15) is 0 Å². The topological polar surface area (TPSA) is 53.6 Å². The molecule has 3 rings (SSSR count). The van der Waals surface area contributed by atoms with Crippen molar-refractivity contribution in [1.29, 1.82) is 0 Å². The van der Waals surface area contributed by atoms with Gasteiger partial charge in [-0.15, -0.1) is 0 Å². The fourth-order valence-corrected chi connectivity index (χ4v) is 3.33. The molecule has 2 N–H and O–H groups in total. The van der Waals surface area contributed by atoms with Gasteiger partial charge in [0.15, 0.2) is 0 Å². The van der Waals surface area contributed by atoms with Gasteiger partial charge in [0.25, 0.3) is 0 Å². The Morgan fingerprint density at radius 3 is 2.90 bits per heavy atom. The summed E-state index contributed by atoms with van der Waals surface area (Å²) < 4.78 is 5.49. The first-order valence-corrected chi connectivity index (χ1v) is 8.13. The van der Waals surface area contributed by atoms with Crippen molar-refractivity contribution < 1.29 is 9.53 Å². The summed E-state index contributed by atoms with van der Waals surface area (Å²) in [5, 5.41) is 6.67. The zero-order chi connectivity index (χ0) is 13.9. The summed E-state index contributed by atoms with van der Waals surface area (Å²) in [6, 6.07) is 1.34. The zero-order valence-electron chi connectivity index (χ0n) is 12.4. The Morgan fingerprint density at radius 2 is 2.15 bits per heavy atom. The number of nitrogens with one attached hydrogen (secondary N) is 2. The van der Waals surface area contributed by atoms with Crippen LogP contribution in [0.5, 0.6) is 0 Å². The second-order valence-electron chi connectivity index (χ2n) is 6.42. The van der Waals surface area contributed by atoms with Crippen LogP contribution >= 0.6 is 0 Å². The first-order chi connectivity index (χ1) is 9.78. The molecule has 3 fully saturated rings. The lowest BCUT2D eigenvalue weighted by Crippen LogP contribution is -2.47. The highest BCUT2D eigenvalue weighted by atomic mass is 16.5. The highest BCUT2D eigenvalue weighted by Crippen LogP contribution is 2.29. The molecule has 20 heavy (non-hydrogen) atoms. The van der Waals surface area contributed by atoms with Crippen LogP contribution in [0.2, 0.25) is 0 Å². The third-order valence-corrected chi connectivity index (χ3v) is 4.70. The molecule has 2 heterocycles. The molecule has 5 heteroatoms. The van der Waals surface area contributed by atoms with Crippen molar-refractivity contribution in [2.75, 3.05) is 32.8 Å². The van der Waals surface area contributed by atoms with Gasteiger partial charge in [0, 0.05) is 31.2 Å². The summed E-state index contributed by atoms with van der Waals surface area (Å²) in [6.07, 6.45) is 4.88. The molecular formula is C15H27N3O2. The van der Waals surface area contributed by atoms with Crippen LogP contribution in [-0.2, 0) is 9.53 Å². The van der Waals surface area contributed by atoms with Crippen molar-refractivity contribution in [3.63, 3.8) is 0 Å². The molecule has 0 aromatic carbocycles. The van der Waals surface area contributed by atoms with Crippen LogP contribution in [0, 0.1) is 5.92 Å². The van der Waals surface area contributed by atoms with Crippen molar-refractivity contribution in [3.05, 3.63) is 0 Å².